The van der Waals surface area contributed by atoms with Crippen molar-refractivity contribution in [1.82, 2.24) is 10.3 Å². The molecule has 1 heterocycles. The molecule has 2 aliphatic carbocycles. The van der Waals surface area contributed by atoms with Crippen molar-refractivity contribution in [3.8, 4) is 5.75 Å². The lowest BCUT2D eigenvalue weighted by molar-refractivity contribution is 0.0915. The van der Waals surface area contributed by atoms with Crippen LogP contribution in [0.15, 0.2) is 48.8 Å². The summed E-state index contributed by atoms with van der Waals surface area (Å²) in [5.41, 5.74) is 1.71. The van der Waals surface area contributed by atoms with Crippen LogP contribution in [0.25, 0.3) is 0 Å². The van der Waals surface area contributed by atoms with Crippen LogP contribution in [0.3, 0.4) is 0 Å². The van der Waals surface area contributed by atoms with Crippen molar-refractivity contribution in [2.45, 2.75) is 45.3 Å². The lowest BCUT2D eigenvalue weighted by Gasteiger charge is -2.28. The first kappa shape index (κ1) is 17.1. The molecule has 2 fully saturated rings. The van der Waals surface area contributed by atoms with Gasteiger partial charge in [0.15, 0.2) is 0 Å². The molecule has 2 aromatic rings. The van der Waals surface area contributed by atoms with Crippen LogP contribution in [0.2, 0.25) is 0 Å². The van der Waals surface area contributed by atoms with Crippen molar-refractivity contribution in [3.05, 3.63) is 59.9 Å². The minimum atomic E-state index is 0.0130. The summed E-state index contributed by atoms with van der Waals surface area (Å²) < 4.78 is 5.75. The number of ether oxygens (including phenoxy) is 1. The predicted molar refractivity (Wildman–Crippen MR) is 101 cm³/mol. The number of hydrogen-bond acceptors (Lipinski definition) is 3. The Kier molecular flexibility index (Phi) is 4.91. The molecule has 2 bridgehead atoms. The van der Waals surface area contributed by atoms with E-state index < -0.39 is 0 Å². The van der Waals surface area contributed by atoms with Gasteiger partial charge in [0.25, 0.3) is 5.91 Å². The zero-order valence-electron chi connectivity index (χ0n) is 15.2. The minimum absolute atomic E-state index is 0.0130. The smallest absolute Gasteiger partial charge is 0.251 e. The standard InChI is InChI=1S/C22H26N2O2/c1-15(21-12-16-4-5-19(21)11-16)24-22(25)18-6-8-20(9-7-18)26-14-17-3-2-10-23-13-17/h2-3,6-10,13,15-16,19,21H,4-5,11-12,14H2,1H3,(H,24,25)/t15-,16+,19+,21+/m1/s1. The summed E-state index contributed by atoms with van der Waals surface area (Å²) in [6, 6.07) is 11.5. The van der Waals surface area contributed by atoms with Crippen LogP contribution in [0.5, 0.6) is 5.75 Å². The Hall–Kier alpha value is -2.36. The van der Waals surface area contributed by atoms with Crippen molar-refractivity contribution in [1.29, 1.82) is 0 Å². The molecule has 0 saturated heterocycles. The van der Waals surface area contributed by atoms with Gasteiger partial charge in [0.1, 0.15) is 12.4 Å². The van der Waals surface area contributed by atoms with E-state index in [1.807, 2.05) is 36.4 Å². The van der Waals surface area contributed by atoms with Gasteiger partial charge in [-0.2, -0.15) is 0 Å². The van der Waals surface area contributed by atoms with Crippen LogP contribution in [0.1, 0.15) is 48.5 Å². The number of amides is 1. The van der Waals surface area contributed by atoms with Gasteiger partial charge in [-0.05, 0) is 74.3 Å². The van der Waals surface area contributed by atoms with Gasteiger partial charge in [-0.1, -0.05) is 12.5 Å². The van der Waals surface area contributed by atoms with Crippen molar-refractivity contribution < 1.29 is 9.53 Å². The number of nitrogens with zero attached hydrogens (tertiary/aromatic N) is 1. The maximum Gasteiger partial charge on any atom is 0.251 e. The molecule has 4 nitrogen and oxygen atoms in total. The van der Waals surface area contributed by atoms with E-state index in [0.29, 0.717) is 18.1 Å². The first-order chi connectivity index (χ1) is 12.7. The molecule has 26 heavy (non-hydrogen) atoms. The van der Waals surface area contributed by atoms with Crippen molar-refractivity contribution >= 4 is 5.91 Å². The molecule has 1 amide bonds. The van der Waals surface area contributed by atoms with Gasteiger partial charge < -0.3 is 10.1 Å². The molecule has 0 radical (unpaired) electrons. The molecule has 1 N–H and O–H groups in total. The van der Waals surface area contributed by atoms with Gasteiger partial charge in [0, 0.05) is 29.6 Å². The Balaban J connectivity index is 1.30. The average Bonchev–Trinajstić information content (AvgIpc) is 3.31. The second-order valence-corrected chi connectivity index (χ2v) is 7.78. The lowest BCUT2D eigenvalue weighted by atomic mass is 9.84. The quantitative estimate of drug-likeness (QED) is 0.849. The van der Waals surface area contributed by atoms with E-state index >= 15 is 0 Å². The normalized spacial score (nSPS) is 25.0. The number of carbonyl (C=O) groups excluding carboxylic acids is 1. The van der Waals surface area contributed by atoms with Crippen LogP contribution < -0.4 is 10.1 Å². The summed E-state index contributed by atoms with van der Waals surface area (Å²) >= 11 is 0. The fourth-order valence-electron chi connectivity index (χ4n) is 4.66. The highest BCUT2D eigenvalue weighted by Crippen LogP contribution is 2.49. The minimum Gasteiger partial charge on any atom is -0.489 e. The summed E-state index contributed by atoms with van der Waals surface area (Å²) in [7, 11) is 0. The highest BCUT2D eigenvalue weighted by atomic mass is 16.5. The lowest BCUT2D eigenvalue weighted by Crippen LogP contribution is -2.40. The SMILES string of the molecule is C[C@@H](NC(=O)c1ccc(OCc2cccnc2)cc1)[C@@H]1C[C@H]2CC[C@H]1C2. The van der Waals surface area contributed by atoms with Crippen LogP contribution in [-0.4, -0.2) is 16.9 Å². The monoisotopic (exact) mass is 350 g/mol. The van der Waals surface area contributed by atoms with Crippen molar-refractivity contribution in [2.24, 2.45) is 17.8 Å². The molecule has 2 aliphatic rings. The van der Waals surface area contributed by atoms with E-state index in [1.54, 1.807) is 12.4 Å². The average molecular weight is 350 g/mol. The topological polar surface area (TPSA) is 51.2 Å². The maximum absolute atomic E-state index is 12.5. The van der Waals surface area contributed by atoms with Gasteiger partial charge >= 0.3 is 0 Å². The number of rotatable bonds is 6. The van der Waals surface area contributed by atoms with Gasteiger partial charge in [-0.15, -0.1) is 0 Å². The Morgan fingerprint density at radius 3 is 2.73 bits per heavy atom. The van der Waals surface area contributed by atoms with E-state index in [1.165, 1.54) is 25.7 Å². The highest BCUT2D eigenvalue weighted by molar-refractivity contribution is 5.94. The van der Waals surface area contributed by atoms with E-state index in [-0.39, 0.29) is 11.9 Å². The summed E-state index contributed by atoms with van der Waals surface area (Å²) in [5.74, 6) is 3.14. The Morgan fingerprint density at radius 2 is 2.08 bits per heavy atom. The third-order valence-corrected chi connectivity index (χ3v) is 6.04. The van der Waals surface area contributed by atoms with E-state index in [0.717, 1.165) is 23.1 Å². The van der Waals surface area contributed by atoms with Crippen molar-refractivity contribution in [2.75, 3.05) is 0 Å². The summed E-state index contributed by atoms with van der Waals surface area (Å²) in [4.78, 5) is 16.6. The molecule has 0 unspecified atom stereocenters. The predicted octanol–water partition coefficient (Wildman–Crippen LogP) is 4.22. The summed E-state index contributed by atoms with van der Waals surface area (Å²) in [6.45, 7) is 2.63. The van der Waals surface area contributed by atoms with E-state index in [9.17, 15) is 4.79 Å². The molecular formula is C22H26N2O2. The fraction of sp³-hybridized carbons (Fsp3) is 0.455. The zero-order valence-corrected chi connectivity index (χ0v) is 15.2. The second kappa shape index (κ2) is 7.48. The number of carbonyl (C=O) groups is 1. The number of benzene rings is 1. The molecular weight excluding hydrogens is 324 g/mol. The zero-order chi connectivity index (χ0) is 17.9. The molecule has 1 aromatic carbocycles. The molecule has 2 saturated carbocycles. The summed E-state index contributed by atoms with van der Waals surface area (Å²) in [6.07, 6.45) is 8.93. The number of fused-ring (bicyclic) bond motifs is 2. The Labute approximate surface area is 155 Å². The largest absolute Gasteiger partial charge is 0.489 e. The van der Waals surface area contributed by atoms with Gasteiger partial charge in [-0.3, -0.25) is 9.78 Å². The maximum atomic E-state index is 12.5. The fourth-order valence-corrected chi connectivity index (χ4v) is 4.66. The molecule has 0 spiro atoms. The van der Waals surface area contributed by atoms with E-state index in [4.69, 9.17) is 4.74 Å². The highest BCUT2D eigenvalue weighted by Gasteiger charge is 2.42. The van der Waals surface area contributed by atoms with E-state index in [2.05, 4.69) is 17.2 Å². The molecule has 1 aromatic heterocycles. The number of pyridine rings is 1. The third-order valence-electron chi connectivity index (χ3n) is 6.04. The first-order valence-corrected chi connectivity index (χ1v) is 9.61. The molecule has 0 aliphatic heterocycles. The summed E-state index contributed by atoms with van der Waals surface area (Å²) in [5, 5.41) is 3.21. The van der Waals surface area contributed by atoms with Crippen LogP contribution >= 0.6 is 0 Å². The van der Waals surface area contributed by atoms with Crippen LogP contribution in [-0.2, 0) is 6.61 Å². The molecule has 4 atom stereocenters. The Bertz CT molecular complexity index is 744. The third kappa shape index (κ3) is 3.74. The van der Waals surface area contributed by atoms with Gasteiger partial charge in [0.2, 0.25) is 0 Å². The number of nitrogens with one attached hydrogen (secondary N) is 1. The van der Waals surface area contributed by atoms with Crippen LogP contribution in [0, 0.1) is 17.8 Å². The molecule has 4 heteroatoms. The number of hydrogen-bond donors (Lipinski definition) is 1. The Morgan fingerprint density at radius 1 is 1.23 bits per heavy atom. The van der Waals surface area contributed by atoms with Gasteiger partial charge in [-0.25, -0.2) is 0 Å². The van der Waals surface area contributed by atoms with Gasteiger partial charge in [0.05, 0.1) is 0 Å². The first-order valence-electron chi connectivity index (χ1n) is 9.61. The molecule has 136 valence electrons. The van der Waals surface area contributed by atoms with Crippen molar-refractivity contribution in [3.63, 3.8) is 0 Å². The number of aromatic nitrogens is 1. The second-order valence-electron chi connectivity index (χ2n) is 7.78. The molecule has 4 rings (SSSR count). The van der Waals surface area contributed by atoms with Crippen LogP contribution in [0.4, 0.5) is 0 Å².